The van der Waals surface area contributed by atoms with Gasteiger partial charge in [0.15, 0.2) is 12.2 Å². The molecule has 2 aromatic heterocycles. The third kappa shape index (κ3) is 2.04. The summed E-state index contributed by atoms with van der Waals surface area (Å²) in [6.07, 6.45) is 1.36. The maximum Gasteiger partial charge on any atom is 0.295 e. The maximum absolute atomic E-state index is 5.14. The Morgan fingerprint density at radius 2 is 2.33 bits per heavy atom. The molecule has 0 amide bonds. The minimum atomic E-state index is 0.373. The summed E-state index contributed by atoms with van der Waals surface area (Å²) >= 11 is 0. The SMILES string of the molecule is CCNCc1noc(-c2ocnc2C)n1. The molecule has 0 aromatic carbocycles. The van der Waals surface area contributed by atoms with Crippen LogP contribution in [0.3, 0.4) is 0 Å². The third-order valence-electron chi connectivity index (χ3n) is 1.94. The van der Waals surface area contributed by atoms with Crippen LogP contribution in [-0.4, -0.2) is 21.7 Å². The average molecular weight is 208 g/mol. The minimum absolute atomic E-state index is 0.373. The van der Waals surface area contributed by atoms with E-state index in [0.29, 0.717) is 24.0 Å². The molecule has 0 aliphatic carbocycles. The topological polar surface area (TPSA) is 77.0 Å². The fraction of sp³-hybridized carbons (Fsp3) is 0.444. The van der Waals surface area contributed by atoms with Crippen LogP contribution in [0, 0.1) is 6.92 Å². The summed E-state index contributed by atoms with van der Waals surface area (Å²) in [5.41, 5.74) is 0.744. The molecule has 0 radical (unpaired) electrons. The smallest absolute Gasteiger partial charge is 0.295 e. The van der Waals surface area contributed by atoms with Gasteiger partial charge in [-0.15, -0.1) is 0 Å². The molecular formula is C9H12N4O2. The zero-order valence-corrected chi connectivity index (χ0v) is 8.65. The lowest BCUT2D eigenvalue weighted by Crippen LogP contribution is -2.12. The number of aromatic nitrogens is 3. The van der Waals surface area contributed by atoms with E-state index in [-0.39, 0.29) is 0 Å². The first kappa shape index (κ1) is 9.85. The highest BCUT2D eigenvalue weighted by molar-refractivity contribution is 5.46. The Kier molecular flexibility index (Phi) is 2.77. The third-order valence-corrected chi connectivity index (χ3v) is 1.94. The van der Waals surface area contributed by atoms with Crippen LogP contribution < -0.4 is 5.32 Å². The van der Waals surface area contributed by atoms with Crippen LogP contribution >= 0.6 is 0 Å². The van der Waals surface area contributed by atoms with Crippen LogP contribution in [0.15, 0.2) is 15.3 Å². The largest absolute Gasteiger partial charge is 0.438 e. The van der Waals surface area contributed by atoms with E-state index in [9.17, 15) is 0 Å². The second-order valence-corrected chi connectivity index (χ2v) is 3.06. The van der Waals surface area contributed by atoms with Crippen molar-refractivity contribution in [2.45, 2.75) is 20.4 Å². The highest BCUT2D eigenvalue weighted by Gasteiger charge is 2.14. The van der Waals surface area contributed by atoms with Crippen molar-refractivity contribution in [1.29, 1.82) is 0 Å². The molecule has 6 nitrogen and oxygen atoms in total. The number of hydrogen-bond acceptors (Lipinski definition) is 6. The lowest BCUT2D eigenvalue weighted by atomic mass is 10.4. The first-order valence-electron chi connectivity index (χ1n) is 4.75. The van der Waals surface area contributed by atoms with Gasteiger partial charge in [-0.2, -0.15) is 4.98 Å². The minimum Gasteiger partial charge on any atom is -0.438 e. The maximum atomic E-state index is 5.14. The first-order chi connectivity index (χ1) is 7.31. The van der Waals surface area contributed by atoms with Crippen LogP contribution in [-0.2, 0) is 6.54 Å². The predicted octanol–water partition coefficient (Wildman–Crippen LogP) is 1.14. The molecule has 6 heteroatoms. The van der Waals surface area contributed by atoms with Gasteiger partial charge in [0, 0.05) is 0 Å². The first-order valence-corrected chi connectivity index (χ1v) is 4.75. The summed E-state index contributed by atoms with van der Waals surface area (Å²) in [6.45, 7) is 5.30. The van der Waals surface area contributed by atoms with Crippen LogP contribution in [0.4, 0.5) is 0 Å². The molecular weight excluding hydrogens is 196 g/mol. The predicted molar refractivity (Wildman–Crippen MR) is 51.9 cm³/mol. The Bertz CT molecular complexity index is 435. The highest BCUT2D eigenvalue weighted by atomic mass is 16.5. The number of rotatable bonds is 4. The molecule has 15 heavy (non-hydrogen) atoms. The Morgan fingerprint density at radius 3 is 3.00 bits per heavy atom. The van der Waals surface area contributed by atoms with Gasteiger partial charge in [-0.25, -0.2) is 4.98 Å². The number of nitrogens with zero attached hydrogens (tertiary/aromatic N) is 3. The molecule has 0 bridgehead atoms. The Labute approximate surface area is 86.7 Å². The monoisotopic (exact) mass is 208 g/mol. The molecule has 2 heterocycles. The molecule has 0 saturated heterocycles. The molecule has 0 atom stereocenters. The fourth-order valence-electron chi connectivity index (χ4n) is 1.16. The summed E-state index contributed by atoms with van der Waals surface area (Å²) in [6, 6.07) is 0. The van der Waals surface area contributed by atoms with Gasteiger partial charge < -0.3 is 14.3 Å². The van der Waals surface area contributed by atoms with Crippen LogP contribution in [0.2, 0.25) is 0 Å². The second kappa shape index (κ2) is 4.22. The van der Waals surface area contributed by atoms with Gasteiger partial charge >= 0.3 is 0 Å². The van der Waals surface area contributed by atoms with Crippen LogP contribution in [0.1, 0.15) is 18.4 Å². The fourth-order valence-corrected chi connectivity index (χ4v) is 1.16. The Balaban J connectivity index is 2.17. The van der Waals surface area contributed by atoms with Crippen molar-refractivity contribution in [3.8, 4) is 11.7 Å². The van der Waals surface area contributed by atoms with E-state index < -0.39 is 0 Å². The normalized spacial score (nSPS) is 10.8. The summed E-state index contributed by atoms with van der Waals surface area (Å²) < 4.78 is 10.2. The summed E-state index contributed by atoms with van der Waals surface area (Å²) in [4.78, 5) is 8.13. The van der Waals surface area contributed by atoms with E-state index in [0.717, 1.165) is 12.2 Å². The molecule has 1 N–H and O–H groups in total. The average Bonchev–Trinajstić information content (AvgIpc) is 2.83. The van der Waals surface area contributed by atoms with Crippen molar-refractivity contribution in [3.63, 3.8) is 0 Å². The Morgan fingerprint density at radius 1 is 1.47 bits per heavy atom. The van der Waals surface area contributed by atoms with E-state index in [2.05, 4.69) is 20.4 Å². The van der Waals surface area contributed by atoms with Gasteiger partial charge in [0.1, 0.15) is 0 Å². The number of nitrogens with one attached hydrogen (secondary N) is 1. The lowest BCUT2D eigenvalue weighted by Gasteiger charge is -1.92. The van der Waals surface area contributed by atoms with E-state index in [1.54, 1.807) is 0 Å². The number of oxazole rings is 1. The molecule has 2 aromatic rings. The van der Waals surface area contributed by atoms with Gasteiger partial charge in [0.25, 0.3) is 5.89 Å². The second-order valence-electron chi connectivity index (χ2n) is 3.06. The van der Waals surface area contributed by atoms with Crippen molar-refractivity contribution in [1.82, 2.24) is 20.4 Å². The van der Waals surface area contributed by atoms with Crippen molar-refractivity contribution in [3.05, 3.63) is 17.9 Å². The summed E-state index contributed by atoms with van der Waals surface area (Å²) in [7, 11) is 0. The van der Waals surface area contributed by atoms with Gasteiger partial charge in [-0.05, 0) is 13.5 Å². The lowest BCUT2D eigenvalue weighted by molar-refractivity contribution is 0.406. The van der Waals surface area contributed by atoms with E-state index >= 15 is 0 Å². The zero-order chi connectivity index (χ0) is 10.7. The number of aryl methyl sites for hydroxylation is 1. The summed E-state index contributed by atoms with van der Waals surface area (Å²) in [5.74, 6) is 1.52. The Hall–Kier alpha value is -1.69. The van der Waals surface area contributed by atoms with Gasteiger partial charge in [-0.3, -0.25) is 0 Å². The van der Waals surface area contributed by atoms with Gasteiger partial charge in [0.2, 0.25) is 5.76 Å². The molecule has 0 saturated carbocycles. The van der Waals surface area contributed by atoms with Crippen molar-refractivity contribution in [2.75, 3.05) is 6.54 Å². The van der Waals surface area contributed by atoms with Crippen LogP contribution in [0.25, 0.3) is 11.7 Å². The van der Waals surface area contributed by atoms with Crippen LogP contribution in [0.5, 0.6) is 0 Å². The molecule has 0 aliphatic heterocycles. The molecule has 0 spiro atoms. The molecule has 2 rings (SSSR count). The molecule has 80 valence electrons. The highest BCUT2D eigenvalue weighted by Crippen LogP contribution is 2.19. The quantitative estimate of drug-likeness (QED) is 0.811. The number of hydrogen-bond donors (Lipinski definition) is 1. The molecule has 0 aliphatic rings. The van der Waals surface area contributed by atoms with Crippen molar-refractivity contribution in [2.24, 2.45) is 0 Å². The van der Waals surface area contributed by atoms with E-state index in [1.165, 1.54) is 6.39 Å². The van der Waals surface area contributed by atoms with Crippen molar-refractivity contribution < 1.29 is 8.94 Å². The van der Waals surface area contributed by atoms with E-state index in [4.69, 9.17) is 8.94 Å². The summed E-state index contributed by atoms with van der Waals surface area (Å²) in [5, 5.41) is 6.92. The van der Waals surface area contributed by atoms with E-state index in [1.807, 2.05) is 13.8 Å². The standard InChI is InChI=1S/C9H12N4O2/c1-3-10-4-7-12-9(15-13-7)8-6(2)11-5-14-8/h5,10H,3-4H2,1-2H3. The zero-order valence-electron chi connectivity index (χ0n) is 8.65. The molecule has 0 unspecified atom stereocenters. The van der Waals surface area contributed by atoms with Gasteiger partial charge in [0.05, 0.1) is 12.2 Å². The van der Waals surface area contributed by atoms with Crippen molar-refractivity contribution >= 4 is 0 Å². The van der Waals surface area contributed by atoms with Gasteiger partial charge in [-0.1, -0.05) is 12.1 Å². The molecule has 0 fully saturated rings.